The third-order valence-electron chi connectivity index (χ3n) is 5.04. The van der Waals surface area contributed by atoms with E-state index in [1.165, 1.54) is 18.3 Å². The van der Waals surface area contributed by atoms with Gasteiger partial charge in [-0.15, -0.1) is 0 Å². The van der Waals surface area contributed by atoms with Crippen molar-refractivity contribution >= 4 is 17.5 Å². The SMILES string of the molecule is O=C(CCC1CCCN(C(=O)Cc2c[nH]c(=O)[nH]c2=O)C1)Nc1ccccc1F. The minimum absolute atomic E-state index is 0.0907. The Bertz CT molecular complexity index is 1000. The number of aromatic amines is 2. The number of amides is 2. The fraction of sp³-hybridized carbons (Fsp3) is 0.400. The number of H-pyrrole nitrogens is 2. The van der Waals surface area contributed by atoms with Gasteiger partial charge in [-0.1, -0.05) is 12.1 Å². The van der Waals surface area contributed by atoms with E-state index in [0.29, 0.717) is 19.5 Å². The van der Waals surface area contributed by atoms with Gasteiger partial charge < -0.3 is 15.2 Å². The Kier molecular flexibility index (Phi) is 6.58. The largest absolute Gasteiger partial charge is 0.342 e. The first-order chi connectivity index (χ1) is 13.9. The van der Waals surface area contributed by atoms with E-state index in [4.69, 9.17) is 0 Å². The molecular weight excluding hydrogens is 379 g/mol. The zero-order valence-electron chi connectivity index (χ0n) is 15.9. The van der Waals surface area contributed by atoms with E-state index >= 15 is 0 Å². The Morgan fingerprint density at radius 3 is 2.79 bits per heavy atom. The fourth-order valence-electron chi connectivity index (χ4n) is 3.48. The highest BCUT2D eigenvalue weighted by Gasteiger charge is 2.24. The summed E-state index contributed by atoms with van der Waals surface area (Å²) in [5.41, 5.74) is -0.816. The third-order valence-corrected chi connectivity index (χ3v) is 5.04. The molecule has 1 atom stereocenters. The maximum atomic E-state index is 13.6. The Hall–Kier alpha value is -3.23. The van der Waals surface area contributed by atoms with Crippen molar-refractivity contribution in [2.24, 2.45) is 5.92 Å². The van der Waals surface area contributed by atoms with E-state index in [2.05, 4.69) is 15.3 Å². The lowest BCUT2D eigenvalue weighted by molar-refractivity contribution is -0.132. The number of hydrogen-bond donors (Lipinski definition) is 3. The summed E-state index contributed by atoms with van der Waals surface area (Å²) in [6, 6.07) is 6.00. The Morgan fingerprint density at radius 2 is 2.03 bits per heavy atom. The van der Waals surface area contributed by atoms with Gasteiger partial charge in [0.2, 0.25) is 11.8 Å². The summed E-state index contributed by atoms with van der Waals surface area (Å²) < 4.78 is 13.6. The van der Waals surface area contributed by atoms with Crippen molar-refractivity contribution < 1.29 is 14.0 Å². The predicted octanol–water partition coefficient (Wildman–Crippen LogP) is 1.40. The molecule has 1 fully saturated rings. The van der Waals surface area contributed by atoms with E-state index in [-0.39, 0.29) is 41.8 Å². The second kappa shape index (κ2) is 9.31. The number of nitrogens with zero attached hydrogens (tertiary/aromatic N) is 1. The summed E-state index contributed by atoms with van der Waals surface area (Å²) in [7, 11) is 0. The number of carbonyl (C=O) groups is 2. The average Bonchev–Trinajstić information content (AvgIpc) is 2.70. The number of para-hydroxylation sites is 1. The highest BCUT2D eigenvalue weighted by Crippen LogP contribution is 2.22. The van der Waals surface area contributed by atoms with E-state index < -0.39 is 17.1 Å². The van der Waals surface area contributed by atoms with Gasteiger partial charge in [0, 0.05) is 31.3 Å². The average molecular weight is 402 g/mol. The second-order valence-corrected chi connectivity index (χ2v) is 7.19. The summed E-state index contributed by atoms with van der Waals surface area (Å²) in [6.45, 7) is 1.10. The van der Waals surface area contributed by atoms with Crippen molar-refractivity contribution in [1.82, 2.24) is 14.9 Å². The van der Waals surface area contributed by atoms with Gasteiger partial charge in [0.05, 0.1) is 12.1 Å². The molecule has 1 aliphatic heterocycles. The van der Waals surface area contributed by atoms with Crippen molar-refractivity contribution in [3.05, 3.63) is 62.7 Å². The van der Waals surface area contributed by atoms with Crippen LogP contribution >= 0.6 is 0 Å². The topological polar surface area (TPSA) is 115 Å². The highest BCUT2D eigenvalue weighted by molar-refractivity contribution is 5.90. The quantitative estimate of drug-likeness (QED) is 0.677. The van der Waals surface area contributed by atoms with Crippen LogP contribution in [0.2, 0.25) is 0 Å². The molecule has 1 saturated heterocycles. The fourth-order valence-corrected chi connectivity index (χ4v) is 3.48. The molecule has 3 rings (SSSR count). The minimum Gasteiger partial charge on any atom is -0.342 e. The van der Waals surface area contributed by atoms with Crippen molar-refractivity contribution in [2.45, 2.75) is 32.1 Å². The smallest absolute Gasteiger partial charge is 0.325 e. The van der Waals surface area contributed by atoms with E-state index in [1.54, 1.807) is 17.0 Å². The number of anilines is 1. The lowest BCUT2D eigenvalue weighted by Gasteiger charge is -2.32. The first kappa shape index (κ1) is 20.5. The van der Waals surface area contributed by atoms with Crippen LogP contribution in [0, 0.1) is 11.7 Å². The summed E-state index contributed by atoms with van der Waals surface area (Å²) >= 11 is 0. The van der Waals surface area contributed by atoms with Crippen LogP contribution in [0.4, 0.5) is 10.1 Å². The van der Waals surface area contributed by atoms with Crippen LogP contribution in [0.15, 0.2) is 40.1 Å². The Labute approximate surface area is 166 Å². The summed E-state index contributed by atoms with van der Waals surface area (Å²) in [5, 5.41) is 2.57. The first-order valence-corrected chi connectivity index (χ1v) is 9.55. The lowest BCUT2D eigenvalue weighted by atomic mass is 9.93. The van der Waals surface area contributed by atoms with Gasteiger partial charge in [-0.2, -0.15) is 0 Å². The highest BCUT2D eigenvalue weighted by atomic mass is 19.1. The van der Waals surface area contributed by atoms with E-state index in [0.717, 1.165) is 12.8 Å². The number of benzene rings is 1. The van der Waals surface area contributed by atoms with Gasteiger partial charge in [-0.25, -0.2) is 9.18 Å². The summed E-state index contributed by atoms with van der Waals surface area (Å²) in [6.07, 6.45) is 3.70. The molecule has 1 unspecified atom stereocenters. The number of halogens is 1. The molecule has 1 aromatic heterocycles. The van der Waals surface area contributed by atoms with Crippen molar-refractivity contribution in [2.75, 3.05) is 18.4 Å². The molecule has 3 N–H and O–H groups in total. The number of carbonyl (C=O) groups excluding carboxylic acids is 2. The van der Waals surface area contributed by atoms with E-state index in [1.807, 2.05) is 0 Å². The molecule has 2 aromatic rings. The van der Waals surface area contributed by atoms with Gasteiger partial charge in [-0.3, -0.25) is 19.4 Å². The van der Waals surface area contributed by atoms with Crippen LogP contribution in [-0.4, -0.2) is 39.8 Å². The molecule has 29 heavy (non-hydrogen) atoms. The van der Waals surface area contributed by atoms with Crippen LogP contribution in [0.25, 0.3) is 0 Å². The number of piperidine rings is 1. The molecule has 0 radical (unpaired) electrons. The predicted molar refractivity (Wildman–Crippen MR) is 105 cm³/mol. The molecule has 8 nitrogen and oxygen atoms in total. The van der Waals surface area contributed by atoms with Crippen LogP contribution in [-0.2, 0) is 16.0 Å². The molecule has 1 aromatic carbocycles. The van der Waals surface area contributed by atoms with Gasteiger partial charge in [0.15, 0.2) is 0 Å². The Balaban J connectivity index is 1.50. The zero-order valence-corrected chi connectivity index (χ0v) is 15.9. The van der Waals surface area contributed by atoms with Crippen molar-refractivity contribution in [3.8, 4) is 0 Å². The van der Waals surface area contributed by atoms with Crippen molar-refractivity contribution in [1.29, 1.82) is 0 Å². The number of nitrogens with one attached hydrogen (secondary N) is 3. The van der Waals surface area contributed by atoms with Gasteiger partial charge in [0.1, 0.15) is 5.82 Å². The van der Waals surface area contributed by atoms with Crippen LogP contribution in [0.5, 0.6) is 0 Å². The zero-order chi connectivity index (χ0) is 20.8. The molecule has 0 saturated carbocycles. The molecule has 2 heterocycles. The molecule has 0 spiro atoms. The van der Waals surface area contributed by atoms with Crippen molar-refractivity contribution in [3.63, 3.8) is 0 Å². The van der Waals surface area contributed by atoms with E-state index in [9.17, 15) is 23.6 Å². The number of likely N-dealkylation sites (tertiary alicyclic amines) is 1. The summed E-state index contributed by atoms with van der Waals surface area (Å²) in [4.78, 5) is 53.6. The van der Waals surface area contributed by atoms with Crippen LogP contribution < -0.4 is 16.6 Å². The minimum atomic E-state index is -0.613. The molecule has 0 bridgehead atoms. The maximum absolute atomic E-state index is 13.6. The monoisotopic (exact) mass is 402 g/mol. The van der Waals surface area contributed by atoms with Crippen LogP contribution in [0.3, 0.4) is 0 Å². The van der Waals surface area contributed by atoms with Gasteiger partial charge in [-0.05, 0) is 37.3 Å². The molecule has 1 aliphatic rings. The first-order valence-electron chi connectivity index (χ1n) is 9.55. The number of hydrogen-bond acceptors (Lipinski definition) is 4. The normalized spacial score (nSPS) is 16.4. The molecule has 0 aliphatic carbocycles. The lowest BCUT2D eigenvalue weighted by Crippen LogP contribution is -2.41. The second-order valence-electron chi connectivity index (χ2n) is 7.19. The standard InChI is InChI=1S/C20H23FN4O4/c21-15-5-1-2-6-16(15)23-17(26)8-7-13-4-3-9-25(12-13)18(27)10-14-11-22-20(29)24-19(14)28/h1-2,5-6,11,13H,3-4,7-10,12H2,(H,23,26)(H2,22,24,28,29). The molecule has 154 valence electrons. The molecule has 2 amide bonds. The Morgan fingerprint density at radius 1 is 1.24 bits per heavy atom. The van der Waals surface area contributed by atoms with Gasteiger partial charge in [0.25, 0.3) is 5.56 Å². The van der Waals surface area contributed by atoms with Gasteiger partial charge >= 0.3 is 5.69 Å². The third kappa shape index (κ3) is 5.63. The van der Waals surface area contributed by atoms with Crippen LogP contribution in [0.1, 0.15) is 31.2 Å². The molecule has 9 heteroatoms. The number of rotatable bonds is 6. The molecular formula is C20H23FN4O4. The summed E-state index contributed by atoms with van der Waals surface area (Å²) in [5.74, 6) is -0.776. The number of aromatic nitrogens is 2. The maximum Gasteiger partial charge on any atom is 0.325 e.